The predicted octanol–water partition coefficient (Wildman–Crippen LogP) is 6.23. The van der Waals surface area contributed by atoms with Crippen molar-refractivity contribution in [3.63, 3.8) is 0 Å². The molecule has 5 rings (SSSR count). The minimum Gasteiger partial charge on any atom is -0.506 e. The van der Waals surface area contributed by atoms with Gasteiger partial charge in [0.2, 0.25) is 5.91 Å². The summed E-state index contributed by atoms with van der Waals surface area (Å²) in [4.78, 5) is 32.7. The van der Waals surface area contributed by atoms with E-state index >= 15 is 0 Å². The number of hydrogen-bond donors (Lipinski definition) is 1. The SMILES string of the molecule is CCOC(=O)C1=C(O)/C(=C/c2cn(CC(=O)N3CCCC3)c3ccc(Br)cc23)SC1=Nc1ccc(OC)cc1. The fraction of sp³-hybridized carbons (Fsp3) is 0.276. The van der Waals surface area contributed by atoms with E-state index in [-0.39, 0.29) is 30.4 Å². The zero-order chi connectivity index (χ0) is 27.5. The number of fused-ring (bicyclic) bond motifs is 1. The van der Waals surface area contributed by atoms with Crippen molar-refractivity contribution in [3.05, 3.63) is 74.9 Å². The summed E-state index contributed by atoms with van der Waals surface area (Å²) in [5.74, 6) is -0.0503. The number of hydrogen-bond acceptors (Lipinski definition) is 7. The van der Waals surface area contributed by atoms with Crippen LogP contribution in [0, 0.1) is 0 Å². The Balaban J connectivity index is 1.54. The fourth-order valence-corrected chi connectivity index (χ4v) is 6.05. The molecule has 2 aromatic carbocycles. The monoisotopic (exact) mass is 609 g/mol. The van der Waals surface area contributed by atoms with Crippen LogP contribution in [0.3, 0.4) is 0 Å². The molecule has 8 nitrogen and oxygen atoms in total. The first kappa shape index (κ1) is 27.1. The van der Waals surface area contributed by atoms with E-state index in [1.807, 2.05) is 39.9 Å². The number of carbonyl (C=O) groups is 2. The second kappa shape index (κ2) is 11.7. The van der Waals surface area contributed by atoms with Crippen LogP contribution in [-0.2, 0) is 20.9 Å². The summed E-state index contributed by atoms with van der Waals surface area (Å²) in [7, 11) is 1.59. The van der Waals surface area contributed by atoms with Crippen molar-refractivity contribution in [1.29, 1.82) is 0 Å². The third kappa shape index (κ3) is 5.77. The molecule has 1 amide bonds. The van der Waals surface area contributed by atoms with Gasteiger partial charge in [0.05, 0.1) is 24.3 Å². The fourth-order valence-electron chi connectivity index (χ4n) is 4.66. The lowest BCUT2D eigenvalue weighted by Crippen LogP contribution is -2.30. The van der Waals surface area contributed by atoms with Crippen molar-refractivity contribution >= 4 is 67.3 Å². The maximum Gasteiger partial charge on any atom is 0.344 e. The van der Waals surface area contributed by atoms with Gasteiger partial charge >= 0.3 is 5.97 Å². The van der Waals surface area contributed by atoms with Gasteiger partial charge in [-0.05, 0) is 68.3 Å². The van der Waals surface area contributed by atoms with Gasteiger partial charge in [-0.15, -0.1) is 0 Å². The molecule has 10 heteroatoms. The molecule has 2 aliphatic rings. The van der Waals surface area contributed by atoms with E-state index in [4.69, 9.17) is 9.47 Å². The van der Waals surface area contributed by atoms with Gasteiger partial charge < -0.3 is 24.0 Å². The topological polar surface area (TPSA) is 93.4 Å². The molecule has 202 valence electrons. The lowest BCUT2D eigenvalue weighted by Gasteiger charge is -2.16. The molecule has 0 bridgehead atoms. The third-order valence-corrected chi connectivity index (χ3v) is 8.11. The van der Waals surface area contributed by atoms with Crippen LogP contribution in [0.25, 0.3) is 17.0 Å². The summed E-state index contributed by atoms with van der Waals surface area (Å²) < 4.78 is 13.3. The molecule has 3 aromatic rings. The van der Waals surface area contributed by atoms with Crippen LogP contribution in [0.5, 0.6) is 5.75 Å². The average Bonchev–Trinajstić information content (AvgIpc) is 3.64. The summed E-state index contributed by atoms with van der Waals surface area (Å²) in [6.07, 6.45) is 5.80. The number of aliphatic hydroxyl groups is 1. The van der Waals surface area contributed by atoms with Crippen molar-refractivity contribution in [2.45, 2.75) is 26.3 Å². The highest BCUT2D eigenvalue weighted by atomic mass is 79.9. The van der Waals surface area contributed by atoms with Gasteiger partial charge in [0, 0.05) is 40.2 Å². The number of ether oxygens (including phenoxy) is 2. The highest BCUT2D eigenvalue weighted by Crippen LogP contribution is 2.41. The van der Waals surface area contributed by atoms with Crippen LogP contribution >= 0.6 is 27.7 Å². The van der Waals surface area contributed by atoms with Crippen molar-refractivity contribution in [2.75, 3.05) is 26.8 Å². The molecule has 0 atom stereocenters. The van der Waals surface area contributed by atoms with Crippen LogP contribution in [0.1, 0.15) is 25.3 Å². The Morgan fingerprint density at radius 1 is 1.15 bits per heavy atom. The summed E-state index contributed by atoms with van der Waals surface area (Å²) in [5, 5.41) is 12.4. The van der Waals surface area contributed by atoms with E-state index in [1.54, 1.807) is 38.3 Å². The molecular formula is C29H28BrN3O5S. The molecule has 1 fully saturated rings. The molecule has 1 aromatic heterocycles. The summed E-state index contributed by atoms with van der Waals surface area (Å²) >= 11 is 4.75. The largest absolute Gasteiger partial charge is 0.506 e. The zero-order valence-corrected chi connectivity index (χ0v) is 24.0. The van der Waals surface area contributed by atoms with Gasteiger partial charge in [-0.25, -0.2) is 9.79 Å². The molecule has 0 radical (unpaired) electrons. The van der Waals surface area contributed by atoms with Gasteiger partial charge in [0.25, 0.3) is 0 Å². The molecule has 0 saturated carbocycles. The van der Waals surface area contributed by atoms with E-state index in [9.17, 15) is 14.7 Å². The Morgan fingerprint density at radius 2 is 1.90 bits per heavy atom. The van der Waals surface area contributed by atoms with Crippen LogP contribution in [0.4, 0.5) is 5.69 Å². The standard InChI is InChI=1S/C29H28BrN3O5S/c1-3-38-29(36)26-27(35)24(39-28(26)31-20-7-9-21(37-2)10-8-20)14-18-16-33(17-25(34)32-12-4-5-13-32)23-11-6-19(30)15-22(18)23/h6-11,14-16,35H,3-5,12-13,17H2,1-2H3/b24-14-,31-28?. The van der Waals surface area contributed by atoms with Gasteiger partial charge in [0.1, 0.15) is 28.7 Å². The molecule has 0 aliphatic carbocycles. The number of likely N-dealkylation sites (tertiary alicyclic amines) is 1. The number of benzene rings is 2. The van der Waals surface area contributed by atoms with Crippen LogP contribution in [0.15, 0.2) is 74.4 Å². The first-order chi connectivity index (χ1) is 18.9. The Labute approximate surface area is 239 Å². The minimum atomic E-state index is -0.639. The Bertz CT molecular complexity index is 1520. The molecule has 39 heavy (non-hydrogen) atoms. The van der Waals surface area contributed by atoms with Crippen molar-refractivity contribution in [2.24, 2.45) is 4.99 Å². The highest BCUT2D eigenvalue weighted by molar-refractivity contribution is 9.10. The number of rotatable bonds is 7. The van der Waals surface area contributed by atoms with E-state index in [0.29, 0.717) is 21.4 Å². The maximum absolute atomic E-state index is 12.9. The van der Waals surface area contributed by atoms with Gasteiger partial charge in [0.15, 0.2) is 0 Å². The molecule has 1 N–H and O–H groups in total. The second-order valence-corrected chi connectivity index (χ2v) is 11.1. The molecule has 2 aliphatic heterocycles. The quantitative estimate of drug-likeness (QED) is 0.319. The van der Waals surface area contributed by atoms with Crippen LogP contribution < -0.4 is 4.74 Å². The molecule has 0 unspecified atom stereocenters. The summed E-state index contributed by atoms with van der Waals surface area (Å²) in [6.45, 7) is 3.70. The van der Waals surface area contributed by atoms with E-state index < -0.39 is 5.97 Å². The molecule has 0 spiro atoms. The number of aliphatic imine (C=N–C) groups is 1. The first-order valence-electron chi connectivity index (χ1n) is 12.7. The third-order valence-electron chi connectivity index (χ3n) is 6.60. The molecule has 3 heterocycles. The average molecular weight is 611 g/mol. The summed E-state index contributed by atoms with van der Waals surface area (Å²) in [5.41, 5.74) is 2.35. The van der Waals surface area contributed by atoms with Gasteiger partial charge in [-0.2, -0.15) is 0 Å². The highest BCUT2D eigenvalue weighted by Gasteiger charge is 2.33. The predicted molar refractivity (Wildman–Crippen MR) is 157 cm³/mol. The molecule has 1 saturated heterocycles. The Kier molecular flexibility index (Phi) is 8.13. The number of amides is 1. The van der Waals surface area contributed by atoms with Crippen molar-refractivity contribution in [3.8, 4) is 5.75 Å². The number of halogens is 1. The number of thioether (sulfide) groups is 1. The first-order valence-corrected chi connectivity index (χ1v) is 14.3. The maximum atomic E-state index is 12.9. The number of carbonyl (C=O) groups excluding carboxylic acids is 2. The molecular weight excluding hydrogens is 582 g/mol. The number of aromatic nitrogens is 1. The summed E-state index contributed by atoms with van der Waals surface area (Å²) in [6, 6.07) is 13.0. The zero-order valence-electron chi connectivity index (χ0n) is 21.6. The van der Waals surface area contributed by atoms with E-state index in [1.165, 1.54) is 11.8 Å². The van der Waals surface area contributed by atoms with Crippen LogP contribution in [-0.4, -0.2) is 58.3 Å². The number of methoxy groups -OCH3 is 1. The Morgan fingerprint density at radius 3 is 2.59 bits per heavy atom. The van der Waals surface area contributed by atoms with E-state index in [2.05, 4.69) is 20.9 Å². The van der Waals surface area contributed by atoms with E-state index in [0.717, 1.165) is 46.9 Å². The lowest BCUT2D eigenvalue weighted by atomic mass is 10.1. The van der Waals surface area contributed by atoms with Crippen LogP contribution in [0.2, 0.25) is 0 Å². The van der Waals surface area contributed by atoms with Crippen molar-refractivity contribution in [1.82, 2.24) is 9.47 Å². The van der Waals surface area contributed by atoms with Gasteiger partial charge in [-0.3, -0.25) is 4.79 Å². The van der Waals surface area contributed by atoms with Crippen molar-refractivity contribution < 1.29 is 24.2 Å². The smallest absolute Gasteiger partial charge is 0.344 e. The number of aliphatic hydroxyl groups excluding tert-OH is 1. The second-order valence-electron chi connectivity index (χ2n) is 9.13. The number of nitrogens with zero attached hydrogens (tertiary/aromatic N) is 3. The number of esters is 1. The minimum absolute atomic E-state index is 0.0260. The van der Waals surface area contributed by atoms with Gasteiger partial charge in [-0.1, -0.05) is 27.7 Å². The Hall–Kier alpha value is -3.50. The normalized spacial score (nSPS) is 17.6. The lowest BCUT2D eigenvalue weighted by molar-refractivity contribution is -0.138.